The van der Waals surface area contributed by atoms with Crippen LogP contribution in [0.1, 0.15) is 23.3 Å². The van der Waals surface area contributed by atoms with Gasteiger partial charge in [0.05, 0.1) is 23.3 Å². The zero-order chi connectivity index (χ0) is 44.5. The molecule has 0 spiro atoms. The van der Waals surface area contributed by atoms with Crippen molar-refractivity contribution in [2.45, 2.75) is 0 Å². The summed E-state index contributed by atoms with van der Waals surface area (Å²) in [5, 5.41) is 0.991. The van der Waals surface area contributed by atoms with E-state index in [4.69, 9.17) is 20.9 Å². The van der Waals surface area contributed by atoms with Crippen LogP contribution in [-0.4, -0.2) is 0 Å². The van der Waals surface area contributed by atoms with E-state index in [2.05, 4.69) is 0 Å². The molecule has 0 N–H and O–H groups in total. The summed E-state index contributed by atoms with van der Waals surface area (Å²) >= 11 is 0. The molecule has 0 aliphatic heterocycles. The number of benzene rings is 8. The minimum atomic E-state index is -0.733. The third-order valence-corrected chi connectivity index (χ3v) is 7.88. The van der Waals surface area contributed by atoms with Crippen molar-refractivity contribution >= 4 is 43.5 Å². The molecule has 0 radical (unpaired) electrons. The van der Waals surface area contributed by atoms with E-state index in [1.54, 1.807) is 24.3 Å². The lowest BCUT2D eigenvalue weighted by Gasteiger charge is -2.19. The smallest absolute Gasteiger partial charge is 0.135 e. The SMILES string of the molecule is [2H]c1c([2H])c([2H])c(-c2ccc(-c3c4c([2H])c([2H])c([2H])c([2H])c4c(-c4ccc5oc6ccccc6c5c4)c4c([2H])c([2H])c(-c5c([2H])c([2H])c([2H])c([2H])c5[2H])c([2H])c34)cc2)c([2H])c1[2H]. The normalized spacial score (nSPS) is 16.8. The molecule has 0 amide bonds. The maximum Gasteiger partial charge on any atom is 0.135 e. The minimum Gasteiger partial charge on any atom is -0.456 e. The van der Waals surface area contributed by atoms with E-state index in [9.17, 15) is 6.85 Å². The Morgan fingerprint density at radius 1 is 0.356 bits per heavy atom. The van der Waals surface area contributed by atoms with Gasteiger partial charge in [-0.15, -0.1) is 0 Å². The summed E-state index contributed by atoms with van der Waals surface area (Å²) in [4.78, 5) is 0. The summed E-state index contributed by atoms with van der Waals surface area (Å²) in [5.41, 5.74) is 0.798. The van der Waals surface area contributed by atoms with Crippen molar-refractivity contribution in [1.29, 1.82) is 0 Å². The Balaban J connectivity index is 1.51. The Morgan fingerprint density at radius 3 is 1.64 bits per heavy atom. The Labute approximate surface area is 285 Å². The van der Waals surface area contributed by atoms with Crippen LogP contribution in [0.2, 0.25) is 0 Å². The summed E-state index contributed by atoms with van der Waals surface area (Å²) in [6, 6.07) is 7.97. The van der Waals surface area contributed by atoms with Gasteiger partial charge < -0.3 is 4.42 Å². The second-order valence-corrected chi connectivity index (χ2v) is 10.4. The van der Waals surface area contributed by atoms with Gasteiger partial charge in [-0.2, -0.15) is 0 Å². The van der Waals surface area contributed by atoms with Crippen molar-refractivity contribution in [1.82, 2.24) is 0 Å². The lowest BCUT2D eigenvalue weighted by atomic mass is 9.84. The number of fused-ring (bicyclic) bond motifs is 5. The molecule has 0 fully saturated rings. The van der Waals surface area contributed by atoms with Gasteiger partial charge in [0, 0.05) is 10.8 Å². The van der Waals surface area contributed by atoms with Crippen LogP contribution in [0.3, 0.4) is 0 Å². The van der Waals surface area contributed by atoms with Crippen LogP contribution in [0, 0.1) is 0 Å². The van der Waals surface area contributed by atoms with Gasteiger partial charge in [0.15, 0.2) is 0 Å². The summed E-state index contributed by atoms with van der Waals surface area (Å²) in [7, 11) is 0. The molecule has 8 aromatic carbocycles. The second-order valence-electron chi connectivity index (χ2n) is 10.4. The van der Waals surface area contributed by atoms with Crippen LogP contribution in [0.5, 0.6) is 0 Å². The zero-order valence-electron chi connectivity index (χ0n) is 40.3. The molecular formula is C44H28O. The third kappa shape index (κ3) is 4.24. The van der Waals surface area contributed by atoms with Gasteiger partial charge in [-0.1, -0.05) is 145 Å². The molecule has 45 heavy (non-hydrogen) atoms. The summed E-state index contributed by atoms with van der Waals surface area (Å²) in [5.74, 6) is 0. The lowest BCUT2D eigenvalue weighted by molar-refractivity contribution is 0.669. The molecule has 0 bridgehead atoms. The number of furan rings is 1. The highest BCUT2D eigenvalue weighted by atomic mass is 16.3. The van der Waals surface area contributed by atoms with Crippen molar-refractivity contribution in [2.24, 2.45) is 0 Å². The molecule has 0 aliphatic rings. The molecule has 0 aliphatic carbocycles. The van der Waals surface area contributed by atoms with E-state index < -0.39 is 114 Å². The van der Waals surface area contributed by atoms with Gasteiger partial charge in [-0.25, -0.2) is 0 Å². The van der Waals surface area contributed by atoms with Crippen molar-refractivity contribution in [3.8, 4) is 44.5 Å². The van der Waals surface area contributed by atoms with Crippen LogP contribution in [0.25, 0.3) is 88.0 Å². The average molecular weight is 590 g/mol. The summed E-state index contributed by atoms with van der Waals surface area (Å²) in [6.45, 7) is 0. The standard InChI is InChI=1S/C44H28O/c1-3-11-29(12-4-1)31-19-21-32(22-20-31)43-36-16-7-8-17-37(36)44(38-25-23-33(27-40(38)43)30-13-5-2-6-14-30)34-24-26-42-39(28-34)35-15-9-10-18-41(35)45-42/h1-28H/i1D,2D,3D,4D,5D,6D,7D,8D,11D,12D,13D,14D,16D,17D,23D,25D,27D. The minimum absolute atomic E-state index is 0.0136. The highest BCUT2D eigenvalue weighted by molar-refractivity contribution is 6.22. The summed E-state index contributed by atoms with van der Waals surface area (Å²) in [6.07, 6.45) is 0. The first-order valence-electron chi connectivity index (χ1n) is 22.5. The Bertz CT molecular complexity index is 3430. The van der Waals surface area contributed by atoms with Crippen molar-refractivity contribution < 1.29 is 27.7 Å². The molecule has 9 rings (SSSR count). The van der Waals surface area contributed by atoms with Crippen molar-refractivity contribution in [2.75, 3.05) is 0 Å². The van der Waals surface area contributed by atoms with Crippen LogP contribution in [-0.2, 0) is 0 Å². The predicted octanol–water partition coefficient (Wildman–Crippen LogP) is 12.6. The topological polar surface area (TPSA) is 13.1 Å². The van der Waals surface area contributed by atoms with E-state index in [1.807, 2.05) is 18.2 Å². The first-order valence-corrected chi connectivity index (χ1v) is 14.0. The molecule has 0 unspecified atom stereocenters. The van der Waals surface area contributed by atoms with E-state index in [-0.39, 0.29) is 49.4 Å². The largest absolute Gasteiger partial charge is 0.456 e. The van der Waals surface area contributed by atoms with E-state index in [0.717, 1.165) is 5.39 Å². The zero-order valence-corrected chi connectivity index (χ0v) is 23.3. The monoisotopic (exact) mass is 589 g/mol. The van der Waals surface area contributed by atoms with Crippen LogP contribution >= 0.6 is 0 Å². The van der Waals surface area contributed by atoms with Gasteiger partial charge in [0.1, 0.15) is 11.2 Å². The van der Waals surface area contributed by atoms with Crippen molar-refractivity contribution in [3.05, 3.63) is 169 Å². The quantitative estimate of drug-likeness (QED) is 0.186. The lowest BCUT2D eigenvalue weighted by Crippen LogP contribution is -1.92. The molecule has 1 nitrogen and oxygen atoms in total. The maximum absolute atomic E-state index is 9.91. The van der Waals surface area contributed by atoms with E-state index >= 15 is 0 Å². The number of hydrogen-bond donors (Lipinski definition) is 0. The fraction of sp³-hybridized carbons (Fsp3) is 0. The first kappa shape index (κ1) is 13.8. The molecule has 0 atom stereocenters. The Hall–Kier alpha value is -5.92. The second kappa shape index (κ2) is 10.4. The van der Waals surface area contributed by atoms with Crippen LogP contribution in [0.4, 0.5) is 0 Å². The predicted molar refractivity (Wildman–Crippen MR) is 190 cm³/mol. The van der Waals surface area contributed by atoms with Crippen LogP contribution in [0.15, 0.2) is 174 Å². The number of hydrogen-bond acceptors (Lipinski definition) is 1. The van der Waals surface area contributed by atoms with Gasteiger partial charge in [-0.3, -0.25) is 0 Å². The average Bonchev–Trinajstić information content (AvgIpc) is 3.65. The van der Waals surface area contributed by atoms with Gasteiger partial charge in [0.25, 0.3) is 0 Å². The molecule has 0 saturated heterocycles. The molecule has 9 aromatic rings. The first-order chi connectivity index (χ1) is 29.4. The fourth-order valence-electron chi connectivity index (χ4n) is 5.88. The molecule has 1 aromatic heterocycles. The van der Waals surface area contributed by atoms with Gasteiger partial charge in [0.2, 0.25) is 0 Å². The molecule has 1 heteroatoms. The molecule has 0 saturated carbocycles. The van der Waals surface area contributed by atoms with Gasteiger partial charge >= 0.3 is 0 Å². The highest BCUT2D eigenvalue weighted by Gasteiger charge is 2.19. The number of rotatable bonds is 4. The Morgan fingerprint density at radius 2 is 0.911 bits per heavy atom. The van der Waals surface area contributed by atoms with Crippen LogP contribution < -0.4 is 0 Å². The number of para-hydroxylation sites is 1. The fourth-order valence-corrected chi connectivity index (χ4v) is 5.88. The Kier molecular flexibility index (Phi) is 3.18. The highest BCUT2D eigenvalue weighted by Crippen LogP contribution is 2.46. The third-order valence-electron chi connectivity index (χ3n) is 7.88. The molecule has 210 valence electrons. The van der Waals surface area contributed by atoms with Gasteiger partial charge in [-0.05, 0) is 90.3 Å². The molecular weight excluding hydrogens is 544 g/mol. The van der Waals surface area contributed by atoms with E-state index in [1.165, 1.54) is 24.3 Å². The maximum atomic E-state index is 9.91. The summed E-state index contributed by atoms with van der Waals surface area (Å²) < 4.78 is 156. The van der Waals surface area contributed by atoms with Crippen molar-refractivity contribution in [3.63, 3.8) is 0 Å². The van der Waals surface area contributed by atoms with E-state index in [0.29, 0.717) is 22.1 Å². The molecule has 1 heterocycles.